The summed E-state index contributed by atoms with van der Waals surface area (Å²) in [5.41, 5.74) is 1.72. The molecule has 0 bridgehead atoms. The highest BCUT2D eigenvalue weighted by molar-refractivity contribution is 7.99. The van der Waals surface area contributed by atoms with E-state index in [2.05, 4.69) is 22.8 Å². The summed E-state index contributed by atoms with van der Waals surface area (Å²) in [6.45, 7) is 1.94. The third-order valence-corrected chi connectivity index (χ3v) is 4.11. The van der Waals surface area contributed by atoms with Crippen LogP contribution in [0, 0.1) is 0 Å². The summed E-state index contributed by atoms with van der Waals surface area (Å²) in [5.74, 6) is -2.48. The summed E-state index contributed by atoms with van der Waals surface area (Å²) in [5, 5.41) is 5.53. The number of halogens is 2. The van der Waals surface area contributed by atoms with Gasteiger partial charge in [0.1, 0.15) is 0 Å². The minimum absolute atomic E-state index is 0.00354. The van der Waals surface area contributed by atoms with Crippen molar-refractivity contribution in [2.24, 2.45) is 0 Å². The maximum atomic E-state index is 12.4. The van der Waals surface area contributed by atoms with Gasteiger partial charge in [-0.3, -0.25) is 0 Å². The molecule has 0 aromatic heterocycles. The largest absolute Gasteiger partial charge is 0.335 e. The molecule has 6 heteroatoms. The second-order valence-electron chi connectivity index (χ2n) is 5.43. The molecule has 2 rings (SSSR count). The third-order valence-electron chi connectivity index (χ3n) is 3.40. The van der Waals surface area contributed by atoms with Gasteiger partial charge in [-0.25, -0.2) is 4.79 Å². The average Bonchev–Trinajstić information content (AvgIpc) is 2.53. The molecule has 0 fully saturated rings. The molecule has 2 aromatic rings. The molecule has 0 saturated carbocycles. The summed E-state index contributed by atoms with van der Waals surface area (Å²) in [4.78, 5) is 12.4. The van der Waals surface area contributed by atoms with Crippen molar-refractivity contribution in [2.45, 2.75) is 36.5 Å². The van der Waals surface area contributed by atoms with Gasteiger partial charge in [0, 0.05) is 16.6 Å². The molecular formula is C18H20F2N2OS. The highest BCUT2D eigenvalue weighted by Gasteiger charge is 2.09. The topological polar surface area (TPSA) is 41.1 Å². The Hall–Kier alpha value is -2.08. The van der Waals surface area contributed by atoms with Crippen LogP contribution in [-0.2, 0) is 6.42 Å². The van der Waals surface area contributed by atoms with E-state index < -0.39 is 5.76 Å². The number of nitrogens with one attached hydrogen (secondary N) is 2. The van der Waals surface area contributed by atoms with Crippen LogP contribution in [0.1, 0.15) is 18.9 Å². The highest BCUT2D eigenvalue weighted by Crippen LogP contribution is 2.27. The first-order chi connectivity index (χ1) is 11.5. The summed E-state index contributed by atoms with van der Waals surface area (Å²) < 4.78 is 24.7. The van der Waals surface area contributed by atoms with Crippen molar-refractivity contribution in [3.05, 3.63) is 60.2 Å². The van der Waals surface area contributed by atoms with E-state index in [1.165, 1.54) is 11.6 Å². The minimum atomic E-state index is -2.48. The Morgan fingerprint density at radius 3 is 2.58 bits per heavy atom. The molecule has 0 saturated heterocycles. The van der Waals surface area contributed by atoms with Gasteiger partial charge in [0.2, 0.25) is 0 Å². The van der Waals surface area contributed by atoms with Crippen LogP contribution in [0.15, 0.2) is 59.5 Å². The number of amides is 2. The summed E-state index contributed by atoms with van der Waals surface area (Å²) in [6, 6.07) is 16.2. The SMILES string of the molecule is CC(CCc1ccccc1)NC(=O)Nc1cccc(SC(F)F)c1. The van der Waals surface area contributed by atoms with Crippen molar-refractivity contribution in [1.29, 1.82) is 0 Å². The molecule has 2 aromatic carbocycles. The van der Waals surface area contributed by atoms with Crippen LogP contribution in [0.2, 0.25) is 0 Å². The van der Waals surface area contributed by atoms with Gasteiger partial charge in [0.15, 0.2) is 0 Å². The molecule has 1 unspecified atom stereocenters. The number of aryl methyl sites for hydroxylation is 1. The lowest BCUT2D eigenvalue weighted by Crippen LogP contribution is -2.36. The van der Waals surface area contributed by atoms with Gasteiger partial charge in [-0.2, -0.15) is 8.78 Å². The number of hydrogen-bond donors (Lipinski definition) is 2. The second kappa shape index (κ2) is 9.27. The molecule has 1 atom stereocenters. The molecule has 0 aliphatic heterocycles. The molecule has 0 radical (unpaired) electrons. The molecular weight excluding hydrogens is 330 g/mol. The summed E-state index contributed by atoms with van der Waals surface area (Å²) >= 11 is 0.454. The smallest absolute Gasteiger partial charge is 0.319 e. The standard InChI is InChI=1S/C18H20F2N2OS/c1-13(10-11-14-6-3-2-4-7-14)21-18(23)22-15-8-5-9-16(12-15)24-17(19)20/h2-9,12-13,17H,10-11H2,1H3,(H2,21,22,23). The molecule has 0 heterocycles. The molecule has 0 aliphatic rings. The number of benzene rings is 2. The fraction of sp³-hybridized carbons (Fsp3) is 0.278. The number of rotatable bonds is 7. The molecule has 128 valence electrons. The predicted octanol–water partition coefficient (Wildman–Crippen LogP) is 5.14. The molecule has 2 N–H and O–H groups in total. The lowest BCUT2D eigenvalue weighted by molar-refractivity contribution is 0.248. The predicted molar refractivity (Wildman–Crippen MR) is 94.7 cm³/mol. The van der Waals surface area contributed by atoms with Crippen molar-refractivity contribution in [2.75, 3.05) is 5.32 Å². The number of carbonyl (C=O) groups excluding carboxylic acids is 1. The van der Waals surface area contributed by atoms with E-state index in [0.29, 0.717) is 22.3 Å². The van der Waals surface area contributed by atoms with Crippen LogP contribution in [0.4, 0.5) is 19.3 Å². The van der Waals surface area contributed by atoms with Crippen LogP contribution >= 0.6 is 11.8 Å². The zero-order chi connectivity index (χ0) is 17.4. The summed E-state index contributed by atoms with van der Waals surface area (Å²) in [6.07, 6.45) is 1.70. The first-order valence-electron chi connectivity index (χ1n) is 7.69. The van der Waals surface area contributed by atoms with Crippen LogP contribution in [0.25, 0.3) is 0 Å². The molecule has 2 amide bonds. The molecule has 24 heavy (non-hydrogen) atoms. The second-order valence-corrected chi connectivity index (χ2v) is 6.49. The Labute approximate surface area is 144 Å². The van der Waals surface area contributed by atoms with E-state index in [1.54, 1.807) is 18.2 Å². The lowest BCUT2D eigenvalue weighted by atomic mass is 10.1. The molecule has 3 nitrogen and oxygen atoms in total. The van der Waals surface area contributed by atoms with E-state index in [1.807, 2.05) is 25.1 Å². The Bertz CT molecular complexity index is 652. The summed E-state index contributed by atoms with van der Waals surface area (Å²) in [7, 11) is 0. The number of alkyl halides is 2. The lowest BCUT2D eigenvalue weighted by Gasteiger charge is -2.15. The van der Waals surface area contributed by atoms with Crippen molar-refractivity contribution >= 4 is 23.5 Å². The highest BCUT2D eigenvalue weighted by atomic mass is 32.2. The van der Waals surface area contributed by atoms with Gasteiger partial charge in [0.05, 0.1) is 0 Å². The fourth-order valence-electron chi connectivity index (χ4n) is 2.24. The zero-order valence-corrected chi connectivity index (χ0v) is 14.2. The first kappa shape index (κ1) is 18.3. The van der Waals surface area contributed by atoms with Crippen LogP contribution in [-0.4, -0.2) is 17.8 Å². The maximum Gasteiger partial charge on any atom is 0.319 e. The van der Waals surface area contributed by atoms with Crippen molar-refractivity contribution in [3.8, 4) is 0 Å². The normalized spacial score (nSPS) is 12.0. The fourth-order valence-corrected chi connectivity index (χ4v) is 2.80. The minimum Gasteiger partial charge on any atom is -0.335 e. The van der Waals surface area contributed by atoms with E-state index >= 15 is 0 Å². The quantitative estimate of drug-likeness (QED) is 0.679. The zero-order valence-electron chi connectivity index (χ0n) is 13.3. The van der Waals surface area contributed by atoms with Gasteiger partial charge in [-0.1, -0.05) is 48.2 Å². The molecule has 0 spiro atoms. The number of anilines is 1. The van der Waals surface area contributed by atoms with Crippen LogP contribution in [0.3, 0.4) is 0 Å². The van der Waals surface area contributed by atoms with Crippen molar-refractivity contribution in [3.63, 3.8) is 0 Å². The van der Waals surface area contributed by atoms with Crippen LogP contribution in [0.5, 0.6) is 0 Å². The van der Waals surface area contributed by atoms with E-state index in [4.69, 9.17) is 0 Å². The maximum absolute atomic E-state index is 12.4. The Kier molecular flexibility index (Phi) is 7.06. The van der Waals surface area contributed by atoms with E-state index in [9.17, 15) is 13.6 Å². The number of urea groups is 1. The Balaban J connectivity index is 1.80. The van der Waals surface area contributed by atoms with E-state index in [0.717, 1.165) is 12.8 Å². The van der Waals surface area contributed by atoms with Crippen molar-refractivity contribution < 1.29 is 13.6 Å². The van der Waals surface area contributed by atoms with E-state index in [-0.39, 0.29) is 12.1 Å². The van der Waals surface area contributed by atoms with Crippen molar-refractivity contribution in [1.82, 2.24) is 5.32 Å². The number of thioether (sulfide) groups is 1. The van der Waals surface area contributed by atoms with Gasteiger partial charge in [0.25, 0.3) is 5.76 Å². The van der Waals surface area contributed by atoms with Gasteiger partial charge < -0.3 is 10.6 Å². The Morgan fingerprint density at radius 1 is 1.12 bits per heavy atom. The van der Waals surface area contributed by atoms with Crippen LogP contribution < -0.4 is 10.6 Å². The molecule has 0 aliphatic carbocycles. The van der Waals surface area contributed by atoms with Gasteiger partial charge in [-0.15, -0.1) is 0 Å². The third kappa shape index (κ3) is 6.58. The van der Waals surface area contributed by atoms with Gasteiger partial charge in [-0.05, 0) is 43.5 Å². The first-order valence-corrected chi connectivity index (χ1v) is 8.57. The Morgan fingerprint density at radius 2 is 1.88 bits per heavy atom. The van der Waals surface area contributed by atoms with Gasteiger partial charge >= 0.3 is 6.03 Å². The average molecular weight is 350 g/mol. The number of carbonyl (C=O) groups is 1. The monoisotopic (exact) mass is 350 g/mol. The number of hydrogen-bond acceptors (Lipinski definition) is 2.